The molecule has 0 unspecified atom stereocenters. The Balaban J connectivity index is 1.28. The van der Waals surface area contributed by atoms with Gasteiger partial charge in [0, 0.05) is 62.5 Å². The Morgan fingerprint density at radius 1 is 1.02 bits per heavy atom. The Labute approximate surface area is 266 Å². The standard InChI is InChI=1S/C34H46N6O5/c1-34(2,3)45-33(43)37(4)24-31(41)39-17-13-27(14-18-39)40-28-22-30(44-20-19-38-15-9-6-10-16-38)35-23-26(28)21-29(40)36-32(42)25-11-7-5-8-12-25/h5,7-8,11-12,22-23,27H,6,9-10,13-21,24H2,1-4H3. The molecule has 11 nitrogen and oxygen atoms in total. The van der Waals surface area contributed by atoms with Gasteiger partial charge in [0.2, 0.25) is 11.8 Å². The molecule has 2 saturated heterocycles. The summed E-state index contributed by atoms with van der Waals surface area (Å²) in [5.41, 5.74) is 1.85. The number of pyridine rings is 1. The fourth-order valence-corrected chi connectivity index (χ4v) is 6.09. The van der Waals surface area contributed by atoms with Crippen molar-refractivity contribution in [2.75, 3.05) is 57.8 Å². The molecule has 5 rings (SSSR count). The molecule has 0 aliphatic carbocycles. The van der Waals surface area contributed by atoms with Gasteiger partial charge in [-0.1, -0.05) is 24.6 Å². The number of ether oxygens (including phenoxy) is 2. The van der Waals surface area contributed by atoms with Gasteiger partial charge in [0.25, 0.3) is 5.91 Å². The van der Waals surface area contributed by atoms with E-state index in [1.165, 1.54) is 24.2 Å². The lowest BCUT2D eigenvalue weighted by molar-refractivity contribution is -0.133. The van der Waals surface area contributed by atoms with Gasteiger partial charge in [0.15, 0.2) is 0 Å². The molecule has 3 aliphatic rings. The number of anilines is 1. The molecule has 3 amide bonds. The van der Waals surface area contributed by atoms with Crippen LogP contribution in [0.4, 0.5) is 10.5 Å². The highest BCUT2D eigenvalue weighted by molar-refractivity contribution is 6.12. The van der Waals surface area contributed by atoms with Crippen molar-refractivity contribution in [3.63, 3.8) is 0 Å². The number of benzene rings is 1. The second-order valence-corrected chi connectivity index (χ2v) is 13.1. The predicted octanol–water partition coefficient (Wildman–Crippen LogP) is 4.41. The van der Waals surface area contributed by atoms with E-state index in [0.717, 1.165) is 30.9 Å². The Morgan fingerprint density at radius 2 is 1.73 bits per heavy atom. The van der Waals surface area contributed by atoms with Crippen molar-refractivity contribution >= 4 is 29.4 Å². The lowest BCUT2D eigenvalue weighted by atomic mass is 10.0. The molecule has 242 valence electrons. The second kappa shape index (κ2) is 14.4. The Morgan fingerprint density at radius 3 is 2.42 bits per heavy atom. The maximum atomic E-state index is 13.2. The van der Waals surface area contributed by atoms with Crippen molar-refractivity contribution in [1.29, 1.82) is 0 Å². The van der Waals surface area contributed by atoms with Crippen LogP contribution in [0.15, 0.2) is 47.6 Å². The highest BCUT2D eigenvalue weighted by Crippen LogP contribution is 2.36. The van der Waals surface area contributed by atoms with E-state index in [2.05, 4.69) is 19.8 Å². The second-order valence-electron chi connectivity index (χ2n) is 13.1. The van der Waals surface area contributed by atoms with Crippen LogP contribution >= 0.6 is 0 Å². The van der Waals surface area contributed by atoms with E-state index in [1.54, 1.807) is 44.9 Å². The van der Waals surface area contributed by atoms with Gasteiger partial charge in [-0.05, 0) is 71.7 Å². The number of hydrogen-bond donors (Lipinski definition) is 0. The SMILES string of the molecule is CN(CC(=O)N1CCC(N2C(=NC(=O)c3ccccc3)Cc3cnc(OCCN4CCCCC4)cc32)CC1)C(=O)OC(C)(C)C. The van der Waals surface area contributed by atoms with E-state index in [1.807, 2.05) is 30.5 Å². The number of nitrogens with zero attached hydrogens (tertiary/aromatic N) is 6. The van der Waals surface area contributed by atoms with Crippen LogP contribution in [-0.4, -0.2) is 108 Å². The molecule has 1 aromatic heterocycles. The lowest BCUT2D eigenvalue weighted by Crippen LogP contribution is -2.50. The van der Waals surface area contributed by atoms with E-state index < -0.39 is 11.7 Å². The minimum atomic E-state index is -0.631. The highest BCUT2D eigenvalue weighted by atomic mass is 16.6. The molecule has 0 N–H and O–H groups in total. The molecule has 3 aliphatic heterocycles. The van der Waals surface area contributed by atoms with E-state index in [4.69, 9.17) is 9.47 Å². The minimum Gasteiger partial charge on any atom is -0.476 e. The largest absolute Gasteiger partial charge is 0.476 e. The monoisotopic (exact) mass is 618 g/mol. The summed E-state index contributed by atoms with van der Waals surface area (Å²) in [6, 6.07) is 11.1. The first-order chi connectivity index (χ1) is 21.6. The van der Waals surface area contributed by atoms with Crippen LogP contribution < -0.4 is 9.64 Å². The van der Waals surface area contributed by atoms with Crippen molar-refractivity contribution in [3.8, 4) is 5.88 Å². The van der Waals surface area contributed by atoms with Gasteiger partial charge in [-0.25, -0.2) is 9.78 Å². The van der Waals surface area contributed by atoms with Gasteiger partial charge in [0.05, 0.1) is 5.69 Å². The molecule has 0 bridgehead atoms. The summed E-state index contributed by atoms with van der Waals surface area (Å²) < 4.78 is 11.5. The van der Waals surface area contributed by atoms with E-state index in [0.29, 0.717) is 56.2 Å². The first kappa shape index (κ1) is 32.4. The summed E-state index contributed by atoms with van der Waals surface area (Å²) >= 11 is 0. The number of likely N-dealkylation sites (N-methyl/N-ethyl adjacent to an activating group) is 1. The fraction of sp³-hybridized carbons (Fsp3) is 0.559. The van der Waals surface area contributed by atoms with Crippen LogP contribution in [0.1, 0.15) is 68.8 Å². The van der Waals surface area contributed by atoms with Gasteiger partial charge >= 0.3 is 6.09 Å². The summed E-state index contributed by atoms with van der Waals surface area (Å²) in [7, 11) is 1.58. The number of carbonyl (C=O) groups excluding carboxylic acids is 3. The number of amides is 3. The molecule has 0 atom stereocenters. The van der Waals surface area contributed by atoms with Gasteiger partial charge in [-0.3, -0.25) is 14.5 Å². The number of amidine groups is 1. The number of carbonyl (C=O) groups is 3. The first-order valence-electron chi connectivity index (χ1n) is 16.1. The summed E-state index contributed by atoms with van der Waals surface area (Å²) in [5.74, 6) is 0.835. The van der Waals surface area contributed by atoms with Crippen LogP contribution in [0.25, 0.3) is 0 Å². The summed E-state index contributed by atoms with van der Waals surface area (Å²) in [6.45, 7) is 10.1. The quantitative estimate of drug-likeness (QED) is 0.429. The Hall–Kier alpha value is -3.99. The average Bonchev–Trinajstić information content (AvgIpc) is 3.38. The topological polar surface area (TPSA) is 108 Å². The third-order valence-corrected chi connectivity index (χ3v) is 8.44. The third-order valence-electron chi connectivity index (χ3n) is 8.44. The smallest absolute Gasteiger partial charge is 0.410 e. The van der Waals surface area contributed by atoms with Crippen molar-refractivity contribution in [2.24, 2.45) is 4.99 Å². The average molecular weight is 619 g/mol. The molecule has 2 aromatic rings. The zero-order valence-electron chi connectivity index (χ0n) is 27.0. The molecule has 2 fully saturated rings. The van der Waals surface area contributed by atoms with Gasteiger partial charge < -0.3 is 24.2 Å². The van der Waals surface area contributed by atoms with Crippen molar-refractivity contribution in [1.82, 2.24) is 19.7 Å². The van der Waals surface area contributed by atoms with Gasteiger partial charge in [-0.2, -0.15) is 4.99 Å². The maximum absolute atomic E-state index is 13.2. The predicted molar refractivity (Wildman–Crippen MR) is 173 cm³/mol. The van der Waals surface area contributed by atoms with Crippen LogP contribution in [0, 0.1) is 0 Å². The number of piperidine rings is 2. The van der Waals surface area contributed by atoms with Crippen LogP contribution in [0.3, 0.4) is 0 Å². The van der Waals surface area contributed by atoms with Crippen molar-refractivity contribution in [3.05, 3.63) is 53.7 Å². The molecule has 0 spiro atoms. The zero-order chi connectivity index (χ0) is 32.0. The molecule has 0 radical (unpaired) electrons. The molecule has 0 saturated carbocycles. The summed E-state index contributed by atoms with van der Waals surface area (Å²) in [4.78, 5) is 55.5. The number of aliphatic imine (C=N–C) groups is 1. The van der Waals surface area contributed by atoms with Crippen LogP contribution in [0.5, 0.6) is 5.88 Å². The zero-order valence-corrected chi connectivity index (χ0v) is 27.0. The minimum absolute atomic E-state index is 0.0322. The number of fused-ring (bicyclic) bond motifs is 1. The van der Waals surface area contributed by atoms with Crippen LogP contribution in [-0.2, 0) is 16.0 Å². The highest BCUT2D eigenvalue weighted by Gasteiger charge is 2.36. The lowest BCUT2D eigenvalue weighted by Gasteiger charge is -2.38. The number of rotatable bonds is 8. The first-order valence-corrected chi connectivity index (χ1v) is 16.1. The van der Waals surface area contributed by atoms with Crippen molar-refractivity contribution in [2.45, 2.75) is 70.9 Å². The normalized spacial score (nSPS) is 18.5. The van der Waals surface area contributed by atoms with E-state index in [-0.39, 0.29) is 24.4 Å². The van der Waals surface area contributed by atoms with Crippen molar-refractivity contribution < 1.29 is 23.9 Å². The third kappa shape index (κ3) is 8.59. The summed E-state index contributed by atoms with van der Waals surface area (Å²) in [5, 5.41) is 0. The van der Waals surface area contributed by atoms with E-state index in [9.17, 15) is 14.4 Å². The molecular formula is C34H46N6O5. The molecule has 45 heavy (non-hydrogen) atoms. The number of hydrogen-bond acceptors (Lipinski definition) is 7. The summed E-state index contributed by atoms with van der Waals surface area (Å²) in [6.07, 6.45) is 6.95. The Bertz CT molecular complexity index is 1380. The maximum Gasteiger partial charge on any atom is 0.410 e. The number of likely N-dealkylation sites (tertiary alicyclic amines) is 2. The molecular weight excluding hydrogens is 572 g/mol. The molecule has 4 heterocycles. The fourth-order valence-electron chi connectivity index (χ4n) is 6.09. The van der Waals surface area contributed by atoms with E-state index >= 15 is 0 Å². The number of aromatic nitrogens is 1. The van der Waals surface area contributed by atoms with Crippen LogP contribution in [0.2, 0.25) is 0 Å². The molecule has 11 heteroatoms. The van der Waals surface area contributed by atoms with Gasteiger partial charge in [-0.15, -0.1) is 0 Å². The van der Waals surface area contributed by atoms with Gasteiger partial charge in [0.1, 0.15) is 24.6 Å². The molecule has 1 aromatic carbocycles. The Kier molecular flexibility index (Phi) is 10.4.